The Morgan fingerprint density at radius 1 is 1.53 bits per heavy atom. The van der Waals surface area contributed by atoms with Crippen molar-refractivity contribution in [3.63, 3.8) is 0 Å². The molecule has 96 valence electrons. The summed E-state index contributed by atoms with van der Waals surface area (Å²) in [6.07, 6.45) is 1.47. The van der Waals surface area contributed by atoms with E-state index in [1.807, 2.05) is 13.8 Å². The van der Waals surface area contributed by atoms with Gasteiger partial charge < -0.3 is 9.84 Å². The summed E-state index contributed by atoms with van der Waals surface area (Å²) in [6.45, 7) is 8.52. The molecule has 3 nitrogen and oxygen atoms in total. The Morgan fingerprint density at radius 2 is 2.18 bits per heavy atom. The van der Waals surface area contributed by atoms with Gasteiger partial charge in [-0.1, -0.05) is 26.3 Å². The van der Waals surface area contributed by atoms with Gasteiger partial charge in [0.1, 0.15) is 0 Å². The molecular formula is C14H22O3. The highest BCUT2D eigenvalue weighted by atomic mass is 16.5. The molecule has 17 heavy (non-hydrogen) atoms. The van der Waals surface area contributed by atoms with Crippen molar-refractivity contribution in [3.8, 4) is 0 Å². The maximum atomic E-state index is 12.0. The number of carbonyl (C=O) groups excluding carboxylic acids is 1. The number of fused-ring (bicyclic) bond motifs is 1. The number of carbonyl (C=O) groups is 1. The van der Waals surface area contributed by atoms with Crippen molar-refractivity contribution >= 4 is 5.97 Å². The monoisotopic (exact) mass is 238 g/mol. The van der Waals surface area contributed by atoms with Crippen molar-refractivity contribution in [2.24, 2.45) is 17.3 Å². The summed E-state index contributed by atoms with van der Waals surface area (Å²) in [4.78, 5) is 12.0. The maximum Gasteiger partial charge on any atom is 0.334 e. The Bertz CT molecular complexity index is 368. The van der Waals surface area contributed by atoms with Gasteiger partial charge in [0.2, 0.25) is 0 Å². The van der Waals surface area contributed by atoms with Crippen LogP contribution in [0.4, 0.5) is 0 Å². The van der Waals surface area contributed by atoms with Gasteiger partial charge in [0, 0.05) is 17.4 Å². The molecule has 0 aliphatic heterocycles. The van der Waals surface area contributed by atoms with Gasteiger partial charge in [-0.2, -0.15) is 0 Å². The second kappa shape index (κ2) is 4.13. The molecule has 0 amide bonds. The molecule has 1 N–H and O–H groups in total. The quantitative estimate of drug-likeness (QED) is 0.751. The summed E-state index contributed by atoms with van der Waals surface area (Å²) in [7, 11) is 0. The minimum Gasteiger partial charge on any atom is -0.463 e. The second-order valence-corrected chi connectivity index (χ2v) is 6.09. The molecule has 0 aromatic carbocycles. The molecule has 2 rings (SSSR count). The lowest BCUT2D eigenvalue weighted by molar-refractivity contribution is -0.139. The van der Waals surface area contributed by atoms with Gasteiger partial charge in [0.25, 0.3) is 0 Å². The Labute approximate surface area is 103 Å². The average molecular weight is 238 g/mol. The SMILES string of the molecule is CCOC(=O)C1=C2CC(C)(C)C[C@H]2[C@H](O)C1C. The summed E-state index contributed by atoms with van der Waals surface area (Å²) in [5, 5.41) is 10.2. The lowest BCUT2D eigenvalue weighted by atomic mass is 9.86. The topological polar surface area (TPSA) is 46.5 Å². The van der Waals surface area contributed by atoms with Gasteiger partial charge in [-0.15, -0.1) is 0 Å². The highest BCUT2D eigenvalue weighted by Crippen LogP contribution is 2.53. The van der Waals surface area contributed by atoms with Crippen LogP contribution in [0.1, 0.15) is 40.5 Å². The van der Waals surface area contributed by atoms with Crippen molar-refractivity contribution in [1.82, 2.24) is 0 Å². The Hall–Kier alpha value is -0.830. The molecule has 0 aromatic rings. The van der Waals surface area contributed by atoms with E-state index < -0.39 is 6.10 Å². The van der Waals surface area contributed by atoms with E-state index in [-0.39, 0.29) is 23.2 Å². The molecular weight excluding hydrogens is 216 g/mol. The maximum absolute atomic E-state index is 12.0. The van der Waals surface area contributed by atoms with Crippen LogP contribution in [-0.4, -0.2) is 23.8 Å². The van der Waals surface area contributed by atoms with E-state index in [4.69, 9.17) is 4.74 Å². The van der Waals surface area contributed by atoms with E-state index in [0.717, 1.165) is 24.0 Å². The summed E-state index contributed by atoms with van der Waals surface area (Å²) in [5.41, 5.74) is 2.09. The first-order valence-corrected chi connectivity index (χ1v) is 6.45. The zero-order chi connectivity index (χ0) is 12.8. The van der Waals surface area contributed by atoms with E-state index in [0.29, 0.717) is 6.61 Å². The van der Waals surface area contributed by atoms with Crippen LogP contribution >= 0.6 is 0 Å². The predicted octanol–water partition coefficient (Wildman–Crippen LogP) is 2.29. The number of aliphatic hydroxyl groups is 1. The fourth-order valence-electron chi connectivity index (χ4n) is 3.40. The molecule has 1 fully saturated rings. The Balaban J connectivity index is 2.34. The van der Waals surface area contributed by atoms with Gasteiger partial charge in [-0.25, -0.2) is 4.79 Å². The minimum atomic E-state index is -0.411. The molecule has 0 spiro atoms. The van der Waals surface area contributed by atoms with Crippen molar-refractivity contribution < 1.29 is 14.6 Å². The van der Waals surface area contributed by atoms with Crippen LogP contribution in [0.3, 0.4) is 0 Å². The summed E-state index contributed by atoms with van der Waals surface area (Å²) in [6, 6.07) is 0. The van der Waals surface area contributed by atoms with E-state index >= 15 is 0 Å². The number of esters is 1. The van der Waals surface area contributed by atoms with Gasteiger partial charge in [0.05, 0.1) is 12.7 Å². The smallest absolute Gasteiger partial charge is 0.334 e. The molecule has 3 heteroatoms. The summed E-state index contributed by atoms with van der Waals surface area (Å²) < 4.78 is 5.11. The third kappa shape index (κ3) is 2.01. The van der Waals surface area contributed by atoms with Gasteiger partial charge in [0.15, 0.2) is 0 Å². The molecule has 0 radical (unpaired) electrons. The highest BCUT2D eigenvalue weighted by Gasteiger charge is 2.49. The lowest BCUT2D eigenvalue weighted by Gasteiger charge is -2.22. The van der Waals surface area contributed by atoms with E-state index in [1.54, 1.807) is 0 Å². The van der Waals surface area contributed by atoms with Crippen molar-refractivity contribution in [2.45, 2.75) is 46.6 Å². The first kappa shape index (κ1) is 12.6. The fraction of sp³-hybridized carbons (Fsp3) is 0.786. The molecule has 0 saturated heterocycles. The molecule has 3 atom stereocenters. The van der Waals surface area contributed by atoms with E-state index in [9.17, 15) is 9.90 Å². The number of rotatable bonds is 2. The molecule has 2 aliphatic carbocycles. The molecule has 0 heterocycles. The number of hydrogen-bond acceptors (Lipinski definition) is 3. The predicted molar refractivity (Wildman–Crippen MR) is 65.3 cm³/mol. The molecule has 0 aromatic heterocycles. The molecule has 0 bridgehead atoms. The number of ether oxygens (including phenoxy) is 1. The second-order valence-electron chi connectivity index (χ2n) is 6.09. The standard InChI is InChI=1S/C14H22O3/c1-5-17-13(16)11-8(2)12(15)10-7-14(3,4)6-9(10)11/h8,10,12,15H,5-7H2,1-4H3/t8?,10-,12-/m1/s1. The lowest BCUT2D eigenvalue weighted by Crippen LogP contribution is -2.24. The third-order valence-corrected chi connectivity index (χ3v) is 4.11. The van der Waals surface area contributed by atoms with Crippen LogP contribution in [0.2, 0.25) is 0 Å². The first-order chi connectivity index (χ1) is 7.87. The first-order valence-electron chi connectivity index (χ1n) is 6.45. The molecule has 2 aliphatic rings. The van der Waals surface area contributed by atoms with Crippen LogP contribution in [0, 0.1) is 17.3 Å². The van der Waals surface area contributed by atoms with Crippen molar-refractivity contribution in [3.05, 3.63) is 11.1 Å². The average Bonchev–Trinajstić information content (AvgIpc) is 2.63. The third-order valence-electron chi connectivity index (χ3n) is 4.11. The van der Waals surface area contributed by atoms with Crippen LogP contribution < -0.4 is 0 Å². The minimum absolute atomic E-state index is 0.0786. The van der Waals surface area contributed by atoms with Gasteiger partial charge in [-0.05, 0) is 25.2 Å². The van der Waals surface area contributed by atoms with Crippen molar-refractivity contribution in [1.29, 1.82) is 0 Å². The van der Waals surface area contributed by atoms with Crippen LogP contribution in [0.5, 0.6) is 0 Å². The zero-order valence-corrected chi connectivity index (χ0v) is 11.1. The van der Waals surface area contributed by atoms with E-state index in [2.05, 4.69) is 13.8 Å². The number of aliphatic hydroxyl groups excluding tert-OH is 1. The van der Waals surface area contributed by atoms with Crippen LogP contribution in [0.15, 0.2) is 11.1 Å². The number of hydrogen-bond donors (Lipinski definition) is 1. The summed E-state index contributed by atoms with van der Waals surface area (Å²) >= 11 is 0. The largest absolute Gasteiger partial charge is 0.463 e. The van der Waals surface area contributed by atoms with Gasteiger partial charge >= 0.3 is 5.97 Å². The van der Waals surface area contributed by atoms with Crippen LogP contribution in [-0.2, 0) is 9.53 Å². The van der Waals surface area contributed by atoms with E-state index in [1.165, 1.54) is 0 Å². The normalized spacial score (nSPS) is 35.0. The Morgan fingerprint density at radius 3 is 2.76 bits per heavy atom. The fourth-order valence-corrected chi connectivity index (χ4v) is 3.40. The van der Waals surface area contributed by atoms with Gasteiger partial charge in [-0.3, -0.25) is 0 Å². The molecule has 1 unspecified atom stereocenters. The summed E-state index contributed by atoms with van der Waals surface area (Å²) in [5.74, 6) is -0.140. The zero-order valence-electron chi connectivity index (χ0n) is 11.1. The van der Waals surface area contributed by atoms with Crippen molar-refractivity contribution in [2.75, 3.05) is 6.61 Å². The molecule has 1 saturated carbocycles. The highest BCUT2D eigenvalue weighted by molar-refractivity contribution is 5.91. The Kier molecular flexibility index (Phi) is 3.06. The van der Waals surface area contributed by atoms with Crippen LogP contribution in [0.25, 0.3) is 0 Å².